The molecule has 7 aromatic rings. The molecule has 0 fully saturated rings. The van der Waals surface area contributed by atoms with Crippen molar-refractivity contribution in [3.8, 4) is 33.6 Å². The molecular weight excluding hydrogens is 583 g/mol. The van der Waals surface area contributed by atoms with E-state index in [-0.39, 0.29) is 0 Å². The summed E-state index contributed by atoms with van der Waals surface area (Å²) in [6, 6.07) is 49.8. The maximum Gasteiger partial charge on any atom is 0.0702 e. The van der Waals surface area contributed by atoms with Gasteiger partial charge in [0.15, 0.2) is 0 Å². The molecule has 0 atom stereocenters. The number of hydrogen-bond acceptors (Lipinski definition) is 3. The summed E-state index contributed by atoms with van der Waals surface area (Å²) >= 11 is 0. The molecule has 3 nitrogen and oxygen atoms in total. The lowest BCUT2D eigenvalue weighted by molar-refractivity contribution is 0.899. The fraction of sp³-hybridized carbons (Fsp3) is 0.133. The van der Waals surface area contributed by atoms with Crippen LogP contribution in [0.2, 0.25) is 0 Å². The van der Waals surface area contributed by atoms with Crippen molar-refractivity contribution in [2.75, 3.05) is 0 Å². The van der Waals surface area contributed by atoms with Gasteiger partial charge in [-0.25, -0.2) is 0 Å². The largest absolute Gasteiger partial charge is 0.265 e. The van der Waals surface area contributed by atoms with E-state index in [4.69, 9.17) is 9.97 Å². The first-order chi connectivity index (χ1) is 23.7. The lowest BCUT2D eigenvalue weighted by Gasteiger charge is -2.12. The van der Waals surface area contributed by atoms with Crippen molar-refractivity contribution in [2.45, 2.75) is 38.5 Å². The molecule has 0 aliphatic carbocycles. The number of aromatic nitrogens is 3. The maximum atomic E-state index is 4.76. The lowest BCUT2D eigenvalue weighted by atomic mass is 9.94. The topological polar surface area (TPSA) is 38.7 Å². The molecule has 4 aromatic carbocycles. The summed E-state index contributed by atoms with van der Waals surface area (Å²) in [5, 5.41) is 0. The lowest BCUT2D eigenvalue weighted by Crippen LogP contribution is -2.00. The molecule has 0 radical (unpaired) electrons. The van der Waals surface area contributed by atoms with Gasteiger partial charge in [0.25, 0.3) is 0 Å². The van der Waals surface area contributed by atoms with Crippen molar-refractivity contribution >= 4 is 0 Å². The Bertz CT molecular complexity index is 1770. The van der Waals surface area contributed by atoms with Crippen molar-refractivity contribution in [2.24, 2.45) is 0 Å². The fourth-order valence-electron chi connectivity index (χ4n) is 6.25. The molecule has 0 N–H and O–H groups in total. The molecular formula is C45H39N3. The van der Waals surface area contributed by atoms with Crippen LogP contribution in [0.25, 0.3) is 33.6 Å². The summed E-state index contributed by atoms with van der Waals surface area (Å²) in [5.41, 5.74) is 14.8. The first kappa shape index (κ1) is 31.0. The van der Waals surface area contributed by atoms with Gasteiger partial charge in [-0.1, -0.05) is 115 Å². The minimum absolute atomic E-state index is 0.965. The minimum Gasteiger partial charge on any atom is -0.265 e. The van der Waals surface area contributed by atoms with Gasteiger partial charge in [0.1, 0.15) is 0 Å². The Morgan fingerprint density at radius 3 is 1.15 bits per heavy atom. The highest BCUT2D eigenvalue weighted by Gasteiger charge is 2.07. The zero-order chi connectivity index (χ0) is 32.4. The van der Waals surface area contributed by atoms with Crippen LogP contribution in [-0.2, 0) is 38.5 Å². The van der Waals surface area contributed by atoms with Crippen LogP contribution in [-0.4, -0.2) is 15.0 Å². The molecule has 0 amide bonds. The molecule has 0 aliphatic rings. The van der Waals surface area contributed by atoms with E-state index in [1.165, 1.54) is 44.5 Å². The minimum atomic E-state index is 0.965. The maximum absolute atomic E-state index is 4.76. The Labute approximate surface area is 284 Å². The Morgan fingerprint density at radius 1 is 0.312 bits per heavy atom. The Balaban J connectivity index is 1.05. The predicted octanol–water partition coefficient (Wildman–Crippen LogP) is 10.2. The second-order valence-corrected chi connectivity index (χ2v) is 12.4. The molecule has 0 bridgehead atoms. The van der Waals surface area contributed by atoms with E-state index in [1.807, 2.05) is 36.9 Å². The van der Waals surface area contributed by atoms with Crippen LogP contribution in [0.4, 0.5) is 0 Å². The summed E-state index contributed by atoms with van der Waals surface area (Å²) < 4.78 is 0. The Hall–Kier alpha value is -5.67. The number of nitrogens with zero attached hydrogens (tertiary/aromatic N) is 3. The Morgan fingerprint density at radius 2 is 0.708 bits per heavy atom. The SMILES string of the molecule is c1ccc(-c2ccc(CCc3cc(CCc4ccc(-c5ccncc5)cc4)cc(CCc4ccc(-c5ccccc5)nc4)c3)cn2)cc1. The van der Waals surface area contributed by atoms with Crippen molar-refractivity contribution in [1.29, 1.82) is 0 Å². The zero-order valence-electron chi connectivity index (χ0n) is 27.2. The van der Waals surface area contributed by atoms with E-state index in [0.29, 0.717) is 0 Å². The van der Waals surface area contributed by atoms with Gasteiger partial charge >= 0.3 is 0 Å². The third-order valence-electron chi connectivity index (χ3n) is 8.98. The highest BCUT2D eigenvalue weighted by Crippen LogP contribution is 2.23. The van der Waals surface area contributed by atoms with Gasteiger partial charge in [0.2, 0.25) is 0 Å². The van der Waals surface area contributed by atoms with Crippen LogP contribution in [0.15, 0.2) is 164 Å². The third-order valence-corrected chi connectivity index (χ3v) is 8.98. The highest BCUT2D eigenvalue weighted by atomic mass is 14.7. The number of pyridine rings is 3. The molecule has 0 aliphatic heterocycles. The summed E-state index contributed by atoms with van der Waals surface area (Å²) in [6.45, 7) is 0. The van der Waals surface area contributed by atoms with Crippen LogP contribution < -0.4 is 0 Å². The quantitative estimate of drug-likeness (QED) is 0.136. The van der Waals surface area contributed by atoms with Crippen molar-refractivity contribution in [3.63, 3.8) is 0 Å². The van der Waals surface area contributed by atoms with Gasteiger partial charge in [0, 0.05) is 35.9 Å². The summed E-state index contributed by atoms with van der Waals surface area (Å²) in [6.07, 6.45) is 13.7. The van der Waals surface area contributed by atoms with Crippen molar-refractivity contribution in [1.82, 2.24) is 15.0 Å². The van der Waals surface area contributed by atoms with Gasteiger partial charge in [0.05, 0.1) is 11.4 Å². The van der Waals surface area contributed by atoms with Crippen LogP contribution >= 0.6 is 0 Å². The van der Waals surface area contributed by atoms with E-state index in [2.05, 4.69) is 132 Å². The first-order valence-corrected chi connectivity index (χ1v) is 16.9. The predicted molar refractivity (Wildman–Crippen MR) is 198 cm³/mol. The van der Waals surface area contributed by atoms with Gasteiger partial charge < -0.3 is 0 Å². The standard InChI is InChI=1S/C45H39N3/c1-3-7-42(8-4-1)44-23-19-35(32-47-44)12-15-38-29-37(14-11-34-17-21-40(22-18-34)41-25-27-46-28-26-41)30-39(31-38)16-13-36-20-24-45(48-33-36)43-9-5-2-6-10-43/h1-10,17-33H,11-16H2. The van der Waals surface area contributed by atoms with Crippen molar-refractivity contribution in [3.05, 3.63) is 198 Å². The summed E-state index contributed by atoms with van der Waals surface area (Å²) in [4.78, 5) is 13.7. The van der Waals surface area contributed by atoms with Crippen LogP contribution in [0, 0.1) is 0 Å². The van der Waals surface area contributed by atoms with Crippen molar-refractivity contribution < 1.29 is 0 Å². The molecule has 234 valence electrons. The number of benzene rings is 4. The molecule has 0 saturated heterocycles. The smallest absolute Gasteiger partial charge is 0.0702 e. The summed E-state index contributed by atoms with van der Waals surface area (Å²) in [7, 11) is 0. The average molecular weight is 622 g/mol. The number of rotatable bonds is 12. The van der Waals surface area contributed by atoms with Gasteiger partial charge in [-0.15, -0.1) is 0 Å². The Kier molecular flexibility index (Phi) is 9.85. The molecule has 3 heteroatoms. The van der Waals surface area contributed by atoms with E-state index < -0.39 is 0 Å². The molecule has 0 spiro atoms. The number of aryl methyl sites for hydroxylation is 6. The normalized spacial score (nSPS) is 11.0. The first-order valence-electron chi connectivity index (χ1n) is 16.9. The monoisotopic (exact) mass is 621 g/mol. The van der Waals surface area contributed by atoms with Gasteiger partial charge in [-0.2, -0.15) is 0 Å². The number of hydrogen-bond donors (Lipinski definition) is 0. The third kappa shape index (κ3) is 8.18. The molecule has 48 heavy (non-hydrogen) atoms. The van der Waals surface area contributed by atoms with E-state index in [9.17, 15) is 0 Å². The molecule has 3 aromatic heterocycles. The van der Waals surface area contributed by atoms with Gasteiger partial charge in [-0.3, -0.25) is 15.0 Å². The molecule has 3 heterocycles. The zero-order valence-corrected chi connectivity index (χ0v) is 27.2. The fourth-order valence-corrected chi connectivity index (χ4v) is 6.25. The van der Waals surface area contributed by atoms with E-state index in [0.717, 1.165) is 61.0 Å². The second kappa shape index (κ2) is 15.3. The van der Waals surface area contributed by atoms with Crippen LogP contribution in [0.1, 0.15) is 33.4 Å². The van der Waals surface area contributed by atoms with Gasteiger partial charge in [-0.05, 0) is 107 Å². The summed E-state index contributed by atoms with van der Waals surface area (Å²) in [5.74, 6) is 0. The molecule has 0 saturated carbocycles. The highest BCUT2D eigenvalue weighted by molar-refractivity contribution is 5.63. The average Bonchev–Trinajstić information content (AvgIpc) is 3.17. The second-order valence-electron chi connectivity index (χ2n) is 12.4. The molecule has 7 rings (SSSR count). The van der Waals surface area contributed by atoms with Crippen LogP contribution in [0.3, 0.4) is 0 Å². The molecule has 0 unspecified atom stereocenters. The van der Waals surface area contributed by atoms with Crippen LogP contribution in [0.5, 0.6) is 0 Å². The van der Waals surface area contributed by atoms with E-state index in [1.54, 1.807) is 0 Å². The van der Waals surface area contributed by atoms with E-state index >= 15 is 0 Å².